The molecule has 1 saturated carbocycles. The summed E-state index contributed by atoms with van der Waals surface area (Å²) in [6.45, 7) is 2.37. The Hall–Kier alpha value is -1.59. The molecule has 5 nitrogen and oxygen atoms in total. The number of nitrogens with one attached hydrogen (secondary N) is 2. The molecule has 0 spiro atoms. The number of likely N-dealkylation sites (N-methyl/N-ethyl adjacent to an activating group) is 1. The standard InChI is InChI=1S/C18H26ClN3O2/c1-13(22(2)12-14-7-6-8-15(19)11-14)17(23)21-18(24)20-16-9-4-3-5-10-16/h6-8,11,13,16H,3-5,9-10,12H2,1-2H3,(H2,20,21,23,24). The fraction of sp³-hybridized carbons (Fsp3) is 0.556. The van der Waals surface area contributed by atoms with Crippen LogP contribution < -0.4 is 10.6 Å². The molecule has 2 N–H and O–H groups in total. The Kier molecular flexibility index (Phi) is 7.06. The highest BCUT2D eigenvalue weighted by atomic mass is 35.5. The van der Waals surface area contributed by atoms with E-state index >= 15 is 0 Å². The van der Waals surface area contributed by atoms with Crippen molar-refractivity contribution < 1.29 is 9.59 Å². The normalized spacial score (nSPS) is 16.7. The van der Waals surface area contributed by atoms with Gasteiger partial charge in [-0.15, -0.1) is 0 Å². The van der Waals surface area contributed by atoms with Crippen molar-refractivity contribution in [1.29, 1.82) is 0 Å². The van der Waals surface area contributed by atoms with Crippen LogP contribution in [-0.4, -0.2) is 36.0 Å². The van der Waals surface area contributed by atoms with Crippen molar-refractivity contribution >= 4 is 23.5 Å². The van der Waals surface area contributed by atoms with Crippen LogP contribution in [0.25, 0.3) is 0 Å². The van der Waals surface area contributed by atoms with E-state index in [2.05, 4.69) is 10.6 Å². The molecule has 1 fully saturated rings. The van der Waals surface area contributed by atoms with Gasteiger partial charge in [-0.05, 0) is 44.5 Å². The summed E-state index contributed by atoms with van der Waals surface area (Å²) in [7, 11) is 1.85. The summed E-state index contributed by atoms with van der Waals surface area (Å²) in [4.78, 5) is 26.1. The Bertz CT molecular complexity index is 573. The first-order chi connectivity index (χ1) is 11.5. The molecule has 1 atom stereocenters. The Morgan fingerprint density at radius 3 is 2.67 bits per heavy atom. The first-order valence-corrected chi connectivity index (χ1v) is 8.89. The number of halogens is 1. The smallest absolute Gasteiger partial charge is 0.321 e. The highest BCUT2D eigenvalue weighted by molar-refractivity contribution is 6.30. The molecule has 0 bridgehead atoms. The van der Waals surface area contributed by atoms with Gasteiger partial charge in [-0.1, -0.05) is 43.0 Å². The van der Waals surface area contributed by atoms with Crippen LogP contribution in [0, 0.1) is 0 Å². The maximum atomic E-state index is 12.3. The lowest BCUT2D eigenvalue weighted by atomic mass is 9.96. The molecule has 132 valence electrons. The minimum absolute atomic E-state index is 0.186. The zero-order valence-corrected chi connectivity index (χ0v) is 15.1. The van der Waals surface area contributed by atoms with Crippen LogP contribution >= 0.6 is 11.6 Å². The van der Waals surface area contributed by atoms with Gasteiger partial charge in [-0.3, -0.25) is 15.0 Å². The van der Waals surface area contributed by atoms with Crippen LogP contribution in [0.2, 0.25) is 5.02 Å². The van der Waals surface area contributed by atoms with Crippen molar-refractivity contribution in [2.75, 3.05) is 7.05 Å². The summed E-state index contributed by atoms with van der Waals surface area (Å²) < 4.78 is 0. The van der Waals surface area contributed by atoms with Gasteiger partial charge in [0.25, 0.3) is 0 Å². The molecule has 1 aliphatic rings. The maximum absolute atomic E-state index is 12.3. The van der Waals surface area contributed by atoms with Gasteiger partial charge in [-0.2, -0.15) is 0 Å². The summed E-state index contributed by atoms with van der Waals surface area (Å²) in [5.74, 6) is -0.298. The second-order valence-corrected chi connectivity index (χ2v) is 6.96. The van der Waals surface area contributed by atoms with E-state index in [1.165, 1.54) is 6.42 Å². The molecule has 1 aromatic rings. The quantitative estimate of drug-likeness (QED) is 0.855. The molecule has 0 saturated heterocycles. The second-order valence-electron chi connectivity index (χ2n) is 6.52. The van der Waals surface area contributed by atoms with Gasteiger partial charge >= 0.3 is 6.03 Å². The van der Waals surface area contributed by atoms with Gasteiger partial charge in [0.1, 0.15) is 0 Å². The number of urea groups is 1. The topological polar surface area (TPSA) is 61.4 Å². The maximum Gasteiger partial charge on any atom is 0.321 e. The van der Waals surface area contributed by atoms with E-state index in [9.17, 15) is 9.59 Å². The Balaban J connectivity index is 1.80. The van der Waals surface area contributed by atoms with E-state index in [4.69, 9.17) is 11.6 Å². The fourth-order valence-corrected chi connectivity index (χ4v) is 3.16. The lowest BCUT2D eigenvalue weighted by Gasteiger charge is -2.25. The van der Waals surface area contributed by atoms with Crippen molar-refractivity contribution in [3.63, 3.8) is 0 Å². The average molecular weight is 352 g/mol. The summed E-state index contributed by atoms with van der Waals surface area (Å²) in [5, 5.41) is 6.01. The van der Waals surface area contributed by atoms with E-state index < -0.39 is 12.1 Å². The van der Waals surface area contributed by atoms with Gasteiger partial charge in [0.2, 0.25) is 5.91 Å². The number of amides is 3. The van der Waals surface area contributed by atoms with Crippen molar-refractivity contribution in [1.82, 2.24) is 15.5 Å². The highest BCUT2D eigenvalue weighted by Gasteiger charge is 2.22. The largest absolute Gasteiger partial charge is 0.335 e. The van der Waals surface area contributed by atoms with Crippen molar-refractivity contribution in [3.8, 4) is 0 Å². The number of imide groups is 1. The van der Waals surface area contributed by atoms with E-state index in [-0.39, 0.29) is 11.9 Å². The predicted molar refractivity (Wildman–Crippen MR) is 95.9 cm³/mol. The van der Waals surface area contributed by atoms with Crippen LogP contribution in [-0.2, 0) is 11.3 Å². The molecule has 2 rings (SSSR count). The van der Waals surface area contributed by atoms with Gasteiger partial charge in [0, 0.05) is 17.6 Å². The summed E-state index contributed by atoms with van der Waals surface area (Å²) in [6.07, 6.45) is 5.48. The molecule has 0 radical (unpaired) electrons. The Morgan fingerprint density at radius 1 is 1.29 bits per heavy atom. The van der Waals surface area contributed by atoms with Gasteiger partial charge in [0.05, 0.1) is 6.04 Å². The zero-order valence-electron chi connectivity index (χ0n) is 14.3. The van der Waals surface area contributed by atoms with Crippen LogP contribution in [0.5, 0.6) is 0 Å². The zero-order chi connectivity index (χ0) is 17.5. The van der Waals surface area contributed by atoms with Gasteiger partial charge < -0.3 is 5.32 Å². The minimum atomic E-state index is -0.416. The van der Waals surface area contributed by atoms with Crippen molar-refractivity contribution in [2.24, 2.45) is 0 Å². The third-order valence-corrected chi connectivity index (χ3v) is 4.77. The fourth-order valence-electron chi connectivity index (χ4n) is 2.95. The third-order valence-electron chi connectivity index (χ3n) is 4.54. The summed E-state index contributed by atoms with van der Waals surface area (Å²) in [5.41, 5.74) is 1.02. The molecule has 0 aliphatic heterocycles. The number of carbonyl (C=O) groups excluding carboxylic acids is 2. The molecule has 24 heavy (non-hydrogen) atoms. The van der Waals surface area contributed by atoms with Gasteiger partial charge in [0.15, 0.2) is 0 Å². The highest BCUT2D eigenvalue weighted by Crippen LogP contribution is 2.17. The van der Waals surface area contributed by atoms with E-state index in [1.54, 1.807) is 6.92 Å². The average Bonchev–Trinajstić information content (AvgIpc) is 2.54. The number of carbonyl (C=O) groups is 2. The molecular formula is C18H26ClN3O2. The number of hydrogen-bond acceptors (Lipinski definition) is 3. The molecule has 3 amide bonds. The number of benzene rings is 1. The SMILES string of the molecule is CC(C(=O)NC(=O)NC1CCCCC1)N(C)Cc1cccc(Cl)c1. The molecule has 1 unspecified atom stereocenters. The van der Waals surface area contributed by atoms with Crippen LogP contribution in [0.3, 0.4) is 0 Å². The molecule has 0 heterocycles. The lowest BCUT2D eigenvalue weighted by Crippen LogP contribution is -2.50. The molecule has 1 aliphatic carbocycles. The summed E-state index contributed by atoms with van der Waals surface area (Å²) in [6, 6.07) is 6.91. The number of hydrogen-bond donors (Lipinski definition) is 2. The molecular weight excluding hydrogens is 326 g/mol. The van der Waals surface area contributed by atoms with Crippen LogP contribution in [0.1, 0.15) is 44.6 Å². The monoisotopic (exact) mass is 351 g/mol. The first-order valence-electron chi connectivity index (χ1n) is 8.51. The Morgan fingerprint density at radius 2 is 2.00 bits per heavy atom. The number of rotatable bonds is 5. The molecule has 1 aromatic carbocycles. The lowest BCUT2D eigenvalue weighted by molar-refractivity contribution is -0.124. The van der Waals surface area contributed by atoms with E-state index in [1.807, 2.05) is 36.2 Å². The molecule has 6 heteroatoms. The van der Waals surface area contributed by atoms with Crippen LogP contribution in [0.4, 0.5) is 4.79 Å². The predicted octanol–water partition coefficient (Wildman–Crippen LogP) is 3.32. The van der Waals surface area contributed by atoms with E-state index in [0.29, 0.717) is 11.6 Å². The van der Waals surface area contributed by atoms with Crippen molar-refractivity contribution in [2.45, 2.75) is 57.7 Å². The minimum Gasteiger partial charge on any atom is -0.335 e. The van der Waals surface area contributed by atoms with Gasteiger partial charge in [-0.25, -0.2) is 4.79 Å². The second kappa shape index (κ2) is 9.04. The van der Waals surface area contributed by atoms with Crippen molar-refractivity contribution in [3.05, 3.63) is 34.9 Å². The first kappa shape index (κ1) is 18.7. The van der Waals surface area contributed by atoms with Crippen LogP contribution in [0.15, 0.2) is 24.3 Å². The third kappa shape index (κ3) is 5.80. The summed E-state index contributed by atoms with van der Waals surface area (Å²) >= 11 is 5.98. The molecule has 0 aromatic heterocycles. The number of nitrogens with zero attached hydrogens (tertiary/aromatic N) is 1. The van der Waals surface area contributed by atoms with E-state index in [0.717, 1.165) is 31.2 Å². The Labute approximate surface area is 148 Å².